The smallest absolute Gasteiger partial charge is 0.282 e. The number of benzene rings is 2. The van der Waals surface area contributed by atoms with E-state index in [2.05, 4.69) is 5.10 Å². The molecule has 0 N–H and O–H groups in total. The second-order valence-corrected chi connectivity index (χ2v) is 9.46. The number of para-hydroxylation sites is 1. The van der Waals surface area contributed by atoms with Gasteiger partial charge in [0.2, 0.25) is 0 Å². The summed E-state index contributed by atoms with van der Waals surface area (Å²) in [5.74, 6) is 1.31. The summed E-state index contributed by atoms with van der Waals surface area (Å²) in [6, 6.07) is 13.9. The predicted octanol–water partition coefficient (Wildman–Crippen LogP) is 5.65. The molecule has 0 saturated heterocycles. The van der Waals surface area contributed by atoms with Crippen LogP contribution in [0.2, 0.25) is 0 Å². The lowest BCUT2D eigenvalue weighted by atomic mass is 9.88. The van der Waals surface area contributed by atoms with E-state index in [1.165, 1.54) is 30.3 Å². The Hall–Kier alpha value is -4.27. The van der Waals surface area contributed by atoms with Gasteiger partial charge in [0.15, 0.2) is 0 Å². The molecule has 2 aromatic heterocycles. The molecule has 5 rings (SSSR count). The van der Waals surface area contributed by atoms with E-state index in [0.29, 0.717) is 28.2 Å². The highest BCUT2D eigenvalue weighted by atomic mass is 16.6. The number of hydrogen-bond acceptors (Lipinski definition) is 6. The molecule has 9 nitrogen and oxygen atoms in total. The summed E-state index contributed by atoms with van der Waals surface area (Å²) in [6.07, 6.45) is 7.13. The Labute approximate surface area is 214 Å². The number of fused-ring (bicyclic) bond motifs is 1. The molecule has 1 aliphatic rings. The van der Waals surface area contributed by atoms with Crippen LogP contribution >= 0.6 is 0 Å². The first-order valence-electron chi connectivity index (χ1n) is 12.5. The normalized spacial score (nSPS) is 14.5. The zero-order chi connectivity index (χ0) is 26.1. The Morgan fingerprint density at radius 1 is 1.11 bits per heavy atom. The predicted molar refractivity (Wildman–Crippen MR) is 143 cm³/mol. The first-order valence-corrected chi connectivity index (χ1v) is 12.5. The molecule has 9 heteroatoms. The molecule has 1 fully saturated rings. The summed E-state index contributed by atoms with van der Waals surface area (Å²) in [6.45, 7) is 3.89. The van der Waals surface area contributed by atoms with Crippen LogP contribution in [0, 0.1) is 24.0 Å². The largest absolute Gasteiger partial charge is 0.494 e. The molecule has 0 spiro atoms. The van der Waals surface area contributed by atoms with Gasteiger partial charge in [0.05, 0.1) is 40.9 Å². The van der Waals surface area contributed by atoms with E-state index in [0.717, 1.165) is 42.6 Å². The second kappa shape index (κ2) is 10.0. The monoisotopic (exact) mass is 499 g/mol. The third-order valence-corrected chi connectivity index (χ3v) is 7.15. The number of non-ortho nitro benzene ring substituents is 1. The number of nitro benzene ring substituents is 1. The van der Waals surface area contributed by atoms with E-state index in [1.54, 1.807) is 18.3 Å². The Kier molecular flexibility index (Phi) is 6.60. The van der Waals surface area contributed by atoms with Gasteiger partial charge in [-0.2, -0.15) is 9.78 Å². The van der Waals surface area contributed by atoms with E-state index in [-0.39, 0.29) is 17.2 Å². The zero-order valence-corrected chi connectivity index (χ0v) is 21.2. The second-order valence-electron chi connectivity index (χ2n) is 9.46. The average molecular weight is 500 g/mol. The SMILES string of the molecule is COc1cc([N+](=O)[O-])ccc1-n1c(C)cc(C=Nn2c(C3CCCCC3)nc3ccccc3c2=O)c1C. The number of methoxy groups -OCH3 is 1. The molecule has 0 radical (unpaired) electrons. The van der Waals surface area contributed by atoms with Gasteiger partial charge in [-0.15, -0.1) is 0 Å². The third kappa shape index (κ3) is 4.52. The molecule has 2 heterocycles. The van der Waals surface area contributed by atoms with Gasteiger partial charge < -0.3 is 9.30 Å². The minimum absolute atomic E-state index is 0.0386. The van der Waals surface area contributed by atoms with Gasteiger partial charge >= 0.3 is 0 Å². The molecule has 0 bridgehead atoms. The van der Waals surface area contributed by atoms with Crippen molar-refractivity contribution in [2.24, 2.45) is 5.10 Å². The highest BCUT2D eigenvalue weighted by molar-refractivity contribution is 5.83. The van der Waals surface area contributed by atoms with E-state index < -0.39 is 4.92 Å². The van der Waals surface area contributed by atoms with Crippen LogP contribution in [0.4, 0.5) is 5.69 Å². The topological polar surface area (TPSA) is 105 Å². The van der Waals surface area contributed by atoms with Gasteiger partial charge in [0.25, 0.3) is 11.2 Å². The van der Waals surface area contributed by atoms with Crippen molar-refractivity contribution >= 4 is 22.8 Å². The van der Waals surface area contributed by atoms with Gasteiger partial charge in [0.1, 0.15) is 11.6 Å². The van der Waals surface area contributed by atoms with Crippen molar-refractivity contribution in [1.29, 1.82) is 0 Å². The van der Waals surface area contributed by atoms with Crippen molar-refractivity contribution in [2.45, 2.75) is 51.9 Å². The van der Waals surface area contributed by atoms with Crippen LogP contribution < -0.4 is 10.3 Å². The Bertz CT molecular complexity index is 1580. The Balaban J connectivity index is 1.60. The summed E-state index contributed by atoms with van der Waals surface area (Å²) in [5, 5.41) is 16.4. The molecular weight excluding hydrogens is 470 g/mol. The molecule has 1 aliphatic carbocycles. The maximum Gasteiger partial charge on any atom is 0.282 e. The first kappa shape index (κ1) is 24.4. The van der Waals surface area contributed by atoms with Crippen molar-refractivity contribution < 1.29 is 9.66 Å². The van der Waals surface area contributed by atoms with Crippen LogP contribution in [-0.2, 0) is 0 Å². The zero-order valence-electron chi connectivity index (χ0n) is 21.2. The number of nitro groups is 1. The van der Waals surface area contributed by atoms with Gasteiger partial charge in [0, 0.05) is 28.9 Å². The molecular formula is C28H29N5O4. The third-order valence-electron chi connectivity index (χ3n) is 7.15. The fourth-order valence-electron chi connectivity index (χ4n) is 5.25. The van der Waals surface area contributed by atoms with Gasteiger partial charge in [-0.3, -0.25) is 14.9 Å². The van der Waals surface area contributed by atoms with Crippen LogP contribution in [0.25, 0.3) is 16.6 Å². The number of rotatable bonds is 6. The lowest BCUT2D eigenvalue weighted by Gasteiger charge is -2.22. The van der Waals surface area contributed by atoms with E-state index in [4.69, 9.17) is 9.72 Å². The Morgan fingerprint density at radius 3 is 2.59 bits per heavy atom. The fourth-order valence-corrected chi connectivity index (χ4v) is 5.25. The minimum atomic E-state index is -0.445. The number of aryl methyl sites for hydroxylation is 1. The number of hydrogen-bond donors (Lipinski definition) is 0. The van der Waals surface area contributed by atoms with Crippen molar-refractivity contribution in [1.82, 2.24) is 14.2 Å². The maximum atomic E-state index is 13.5. The summed E-state index contributed by atoms with van der Waals surface area (Å²) in [4.78, 5) is 29.2. The van der Waals surface area contributed by atoms with E-state index >= 15 is 0 Å². The molecule has 2 aromatic carbocycles. The highest BCUT2D eigenvalue weighted by Crippen LogP contribution is 2.33. The van der Waals surface area contributed by atoms with Crippen LogP contribution in [0.1, 0.15) is 60.8 Å². The molecule has 190 valence electrons. The van der Waals surface area contributed by atoms with Crippen LogP contribution in [-0.4, -0.2) is 32.5 Å². The minimum Gasteiger partial charge on any atom is -0.494 e. The molecule has 0 aliphatic heterocycles. The van der Waals surface area contributed by atoms with Gasteiger partial charge in [-0.1, -0.05) is 31.4 Å². The number of ether oxygens (including phenoxy) is 1. The van der Waals surface area contributed by atoms with E-state index in [9.17, 15) is 14.9 Å². The van der Waals surface area contributed by atoms with Crippen molar-refractivity contribution in [2.75, 3.05) is 7.11 Å². The maximum absolute atomic E-state index is 13.5. The van der Waals surface area contributed by atoms with Crippen LogP contribution in [0.5, 0.6) is 5.75 Å². The molecule has 0 atom stereocenters. The summed E-state index contributed by atoms with van der Waals surface area (Å²) in [5.41, 5.74) is 3.78. The quantitative estimate of drug-likeness (QED) is 0.194. The number of nitrogens with zero attached hydrogens (tertiary/aromatic N) is 5. The fraction of sp³-hybridized carbons (Fsp3) is 0.321. The van der Waals surface area contributed by atoms with Crippen molar-refractivity contribution in [3.8, 4) is 11.4 Å². The lowest BCUT2D eigenvalue weighted by molar-refractivity contribution is -0.384. The Morgan fingerprint density at radius 2 is 1.86 bits per heavy atom. The molecule has 1 saturated carbocycles. The highest BCUT2D eigenvalue weighted by Gasteiger charge is 2.23. The molecule has 37 heavy (non-hydrogen) atoms. The lowest BCUT2D eigenvalue weighted by Crippen LogP contribution is -2.25. The van der Waals surface area contributed by atoms with Crippen LogP contribution in [0.15, 0.2) is 58.4 Å². The molecule has 0 amide bonds. The van der Waals surface area contributed by atoms with Crippen molar-refractivity contribution in [3.63, 3.8) is 0 Å². The van der Waals surface area contributed by atoms with Gasteiger partial charge in [-0.05, 0) is 51.0 Å². The van der Waals surface area contributed by atoms with Gasteiger partial charge in [-0.25, -0.2) is 4.98 Å². The number of aromatic nitrogens is 3. The van der Waals surface area contributed by atoms with Crippen molar-refractivity contribution in [3.05, 3.63) is 91.8 Å². The van der Waals surface area contributed by atoms with Crippen LogP contribution in [0.3, 0.4) is 0 Å². The molecule has 0 unspecified atom stereocenters. The summed E-state index contributed by atoms with van der Waals surface area (Å²) < 4.78 is 8.90. The summed E-state index contributed by atoms with van der Waals surface area (Å²) >= 11 is 0. The summed E-state index contributed by atoms with van der Waals surface area (Å²) in [7, 11) is 1.49. The first-order chi connectivity index (χ1) is 17.9. The standard InChI is InChI=1S/C28H29N5O4/c1-18-15-21(19(2)31(18)25-14-13-22(33(35)36)16-26(25)37-3)17-29-32-27(20-9-5-4-6-10-20)30-24-12-8-7-11-23(24)28(32)34/h7-8,11-17,20H,4-6,9-10H2,1-3H3. The van der Waals surface area contributed by atoms with E-state index in [1.807, 2.05) is 42.7 Å². The average Bonchev–Trinajstić information content (AvgIpc) is 3.20. The molecule has 4 aromatic rings.